The van der Waals surface area contributed by atoms with Crippen LogP contribution in [0, 0.1) is 14.9 Å². The summed E-state index contributed by atoms with van der Waals surface area (Å²) < 4.78 is 12.5. The molecule has 0 unspecified atom stereocenters. The second-order valence-corrected chi connectivity index (χ2v) is 10.8. The van der Waals surface area contributed by atoms with Crippen LogP contribution in [-0.2, 0) is 11.4 Å². The van der Waals surface area contributed by atoms with Crippen molar-refractivity contribution in [3.63, 3.8) is 0 Å². The third kappa shape index (κ3) is 6.24. The number of carbonyl (C=O) groups is 2. The van der Waals surface area contributed by atoms with Crippen molar-refractivity contribution in [2.45, 2.75) is 6.61 Å². The van der Waals surface area contributed by atoms with Crippen LogP contribution in [0.4, 0.5) is 0 Å². The minimum atomic E-state index is -0.482. The summed E-state index contributed by atoms with van der Waals surface area (Å²) in [4.78, 5) is 25.9. The Balaban J connectivity index is 1.52. The number of carbonyl (C=O) groups excluding carboxylic acids is 2. The molecule has 186 valence electrons. The van der Waals surface area contributed by atoms with E-state index in [2.05, 4.69) is 34.1 Å². The number of ether oxygens (including phenoxy) is 2. The average Bonchev–Trinajstić information content (AvgIpc) is 3.15. The third-order valence-electron chi connectivity index (χ3n) is 5.17. The molecule has 2 amide bonds. The van der Waals surface area contributed by atoms with Crippen molar-refractivity contribution in [2.24, 2.45) is 0 Å². The Kier molecular flexibility index (Phi) is 8.71. The van der Waals surface area contributed by atoms with Crippen LogP contribution in [0.3, 0.4) is 0 Å². The van der Waals surface area contributed by atoms with Gasteiger partial charge in [-0.25, -0.2) is 0 Å². The van der Waals surface area contributed by atoms with Crippen molar-refractivity contribution >= 4 is 80.4 Å². The van der Waals surface area contributed by atoms with Gasteiger partial charge in [0.1, 0.15) is 6.61 Å². The molecule has 0 radical (unpaired) electrons. The van der Waals surface area contributed by atoms with E-state index in [1.165, 1.54) is 7.11 Å². The number of nitriles is 1. The third-order valence-corrected chi connectivity index (χ3v) is 7.53. The zero-order valence-corrected chi connectivity index (χ0v) is 23.7. The normalized spacial score (nSPS) is 14.0. The number of hydrogen-bond donors (Lipinski definition) is 1. The fraction of sp³-hybridized carbons (Fsp3) is 0.0769. The van der Waals surface area contributed by atoms with E-state index in [1.54, 1.807) is 48.5 Å². The van der Waals surface area contributed by atoms with Crippen LogP contribution in [-0.4, -0.2) is 28.3 Å². The van der Waals surface area contributed by atoms with Crippen LogP contribution < -0.4 is 14.9 Å². The van der Waals surface area contributed by atoms with Gasteiger partial charge in [0.15, 0.2) is 15.8 Å². The number of thioether (sulfide) groups is 1. The number of rotatable bonds is 7. The molecule has 0 saturated carbocycles. The number of halogens is 2. The minimum absolute atomic E-state index is 0.196. The molecule has 0 spiro atoms. The summed E-state index contributed by atoms with van der Waals surface area (Å²) in [5, 5.41) is 10.9. The van der Waals surface area contributed by atoms with Crippen LogP contribution in [0.15, 0.2) is 65.6 Å². The molecule has 1 heterocycles. The highest BCUT2D eigenvalue weighted by Crippen LogP contribution is 2.37. The molecule has 0 aliphatic carbocycles. The van der Waals surface area contributed by atoms with Gasteiger partial charge in [0.2, 0.25) is 0 Å². The molecule has 4 rings (SSSR count). The maximum absolute atomic E-state index is 13.0. The number of amides is 2. The number of benzene rings is 3. The summed E-state index contributed by atoms with van der Waals surface area (Å²) in [6.07, 6.45) is 1.67. The van der Waals surface area contributed by atoms with E-state index in [1.807, 2.05) is 18.2 Å². The van der Waals surface area contributed by atoms with Gasteiger partial charge in [0.05, 0.1) is 27.2 Å². The smallest absolute Gasteiger partial charge is 0.285 e. The highest BCUT2D eigenvalue weighted by atomic mass is 127. The van der Waals surface area contributed by atoms with E-state index >= 15 is 0 Å². The second-order valence-electron chi connectivity index (χ2n) is 7.56. The summed E-state index contributed by atoms with van der Waals surface area (Å²) >= 11 is 14.4. The Morgan fingerprint density at radius 2 is 1.97 bits per heavy atom. The molecule has 3 aromatic rings. The van der Waals surface area contributed by atoms with Gasteiger partial charge in [-0.05, 0) is 88.9 Å². The molecule has 0 aromatic heterocycles. The molecule has 1 aliphatic heterocycles. The SMILES string of the molecule is COc1cc(/C=C2/SC(=S)N(NC(=O)c3ccc(Cl)cc3)C2=O)cc(I)c1OCc1ccccc1C#N. The first-order valence-electron chi connectivity index (χ1n) is 10.6. The molecule has 3 aromatic carbocycles. The maximum Gasteiger partial charge on any atom is 0.285 e. The van der Waals surface area contributed by atoms with E-state index in [-0.39, 0.29) is 10.9 Å². The number of nitrogens with zero attached hydrogens (tertiary/aromatic N) is 2. The number of hydrazine groups is 1. The fourth-order valence-electron chi connectivity index (χ4n) is 3.35. The molecule has 0 bridgehead atoms. The molecule has 1 N–H and O–H groups in total. The van der Waals surface area contributed by atoms with E-state index in [0.717, 1.165) is 25.9 Å². The maximum atomic E-state index is 13.0. The molecular formula is C26H17ClIN3O4S2. The van der Waals surface area contributed by atoms with Crippen molar-refractivity contribution < 1.29 is 19.1 Å². The lowest BCUT2D eigenvalue weighted by molar-refractivity contribution is -0.123. The largest absolute Gasteiger partial charge is 0.493 e. The zero-order valence-electron chi connectivity index (χ0n) is 19.2. The summed E-state index contributed by atoms with van der Waals surface area (Å²) in [5.41, 5.74) is 4.88. The van der Waals surface area contributed by atoms with Crippen LogP contribution in [0.2, 0.25) is 5.02 Å². The van der Waals surface area contributed by atoms with E-state index < -0.39 is 11.8 Å². The van der Waals surface area contributed by atoms with Gasteiger partial charge >= 0.3 is 0 Å². The standard InChI is InChI=1S/C26H17ClIN3O4S2/c1-34-21-11-15(10-20(28)23(21)35-14-18-5-3-2-4-17(18)13-29)12-22-25(33)31(26(36)37-22)30-24(32)16-6-8-19(27)9-7-16/h2-12H,14H2,1H3,(H,30,32)/b22-12+. The summed E-state index contributed by atoms with van der Waals surface area (Å²) in [7, 11) is 1.52. The van der Waals surface area contributed by atoms with Gasteiger partial charge in [-0.15, -0.1) is 0 Å². The molecule has 1 saturated heterocycles. The highest BCUT2D eigenvalue weighted by Gasteiger charge is 2.34. The van der Waals surface area contributed by atoms with Crippen LogP contribution in [0.1, 0.15) is 27.0 Å². The number of hydrogen-bond acceptors (Lipinski definition) is 7. The van der Waals surface area contributed by atoms with Gasteiger partial charge in [-0.1, -0.05) is 41.6 Å². The van der Waals surface area contributed by atoms with E-state index in [9.17, 15) is 14.9 Å². The predicted octanol–water partition coefficient (Wildman–Crippen LogP) is 5.95. The monoisotopic (exact) mass is 661 g/mol. The summed E-state index contributed by atoms with van der Waals surface area (Å²) in [6.45, 7) is 0.196. The number of nitrogens with one attached hydrogen (secondary N) is 1. The molecule has 7 nitrogen and oxygen atoms in total. The number of methoxy groups -OCH3 is 1. The first kappa shape index (κ1) is 26.9. The molecule has 1 fully saturated rings. The van der Waals surface area contributed by atoms with Crippen LogP contribution in [0.5, 0.6) is 11.5 Å². The first-order chi connectivity index (χ1) is 17.8. The first-order valence-corrected chi connectivity index (χ1v) is 13.3. The van der Waals surface area contributed by atoms with E-state index in [0.29, 0.717) is 38.1 Å². The van der Waals surface area contributed by atoms with Crippen LogP contribution in [0.25, 0.3) is 6.08 Å². The predicted molar refractivity (Wildman–Crippen MR) is 155 cm³/mol. The minimum Gasteiger partial charge on any atom is -0.493 e. The molecule has 11 heteroatoms. The molecular weight excluding hydrogens is 645 g/mol. The molecule has 37 heavy (non-hydrogen) atoms. The molecule has 1 aliphatic rings. The summed E-state index contributed by atoms with van der Waals surface area (Å²) in [5.74, 6) is 0.0690. The van der Waals surface area contributed by atoms with Crippen molar-refractivity contribution in [2.75, 3.05) is 7.11 Å². The van der Waals surface area contributed by atoms with Crippen molar-refractivity contribution in [1.82, 2.24) is 10.4 Å². The van der Waals surface area contributed by atoms with Crippen molar-refractivity contribution in [3.8, 4) is 17.6 Å². The van der Waals surface area contributed by atoms with Crippen molar-refractivity contribution in [1.29, 1.82) is 5.26 Å². The Morgan fingerprint density at radius 1 is 1.24 bits per heavy atom. The average molecular weight is 662 g/mol. The number of thiocarbonyl (C=S) groups is 1. The lowest BCUT2D eigenvalue weighted by Crippen LogP contribution is -2.44. The topological polar surface area (TPSA) is 91.7 Å². The Bertz CT molecular complexity index is 1470. The zero-order chi connectivity index (χ0) is 26.5. The van der Waals surface area contributed by atoms with Gasteiger partial charge in [0.25, 0.3) is 11.8 Å². The molecule has 0 atom stereocenters. The van der Waals surface area contributed by atoms with Crippen LogP contribution >= 0.6 is 58.2 Å². The Morgan fingerprint density at radius 3 is 2.68 bits per heavy atom. The van der Waals surface area contributed by atoms with Gasteiger partial charge in [0, 0.05) is 16.1 Å². The van der Waals surface area contributed by atoms with Crippen molar-refractivity contribution in [3.05, 3.63) is 96.4 Å². The van der Waals surface area contributed by atoms with E-state index in [4.69, 9.17) is 33.3 Å². The lowest BCUT2D eigenvalue weighted by Gasteiger charge is -2.15. The van der Waals surface area contributed by atoms with Gasteiger partial charge in [-0.3, -0.25) is 15.0 Å². The highest BCUT2D eigenvalue weighted by molar-refractivity contribution is 14.1. The fourth-order valence-corrected chi connectivity index (χ4v) is 5.44. The Hall–Kier alpha value is -3.11. The van der Waals surface area contributed by atoms with Gasteiger partial charge < -0.3 is 9.47 Å². The Labute approximate surface area is 241 Å². The quantitative estimate of drug-likeness (QED) is 0.190. The lowest BCUT2D eigenvalue weighted by atomic mass is 10.1. The summed E-state index contributed by atoms with van der Waals surface area (Å²) in [6, 6.07) is 19.2. The second kappa shape index (κ2) is 12.0. The van der Waals surface area contributed by atoms with Gasteiger partial charge in [-0.2, -0.15) is 10.3 Å².